The molecule has 30 heavy (non-hydrogen) atoms. The van der Waals surface area contributed by atoms with Crippen molar-refractivity contribution in [1.82, 2.24) is 0 Å². The van der Waals surface area contributed by atoms with E-state index in [1.807, 2.05) is 36.4 Å². The van der Waals surface area contributed by atoms with Crippen LogP contribution in [0.5, 0.6) is 17.2 Å². The SMILES string of the molecule is CC1c2c(c3ccccc3oc2=O)OCC1CCCOCc1ccc2c(c1)OCO2. The predicted octanol–water partition coefficient (Wildman–Crippen LogP) is 4.63. The Hall–Kier alpha value is -2.99. The number of hydrogen-bond acceptors (Lipinski definition) is 6. The number of hydrogen-bond donors (Lipinski definition) is 0. The van der Waals surface area contributed by atoms with Crippen molar-refractivity contribution in [3.63, 3.8) is 0 Å². The van der Waals surface area contributed by atoms with Gasteiger partial charge in [0.2, 0.25) is 6.79 Å². The van der Waals surface area contributed by atoms with Gasteiger partial charge in [-0.05, 0) is 48.6 Å². The average molecular weight is 408 g/mol. The predicted molar refractivity (Wildman–Crippen MR) is 111 cm³/mol. The molecule has 0 saturated heterocycles. The summed E-state index contributed by atoms with van der Waals surface area (Å²) in [4.78, 5) is 12.6. The third-order valence-corrected chi connectivity index (χ3v) is 5.97. The van der Waals surface area contributed by atoms with Crippen LogP contribution in [-0.2, 0) is 11.3 Å². The molecule has 0 aliphatic carbocycles. The van der Waals surface area contributed by atoms with E-state index < -0.39 is 0 Å². The Morgan fingerprint density at radius 2 is 1.93 bits per heavy atom. The van der Waals surface area contributed by atoms with Crippen molar-refractivity contribution >= 4 is 11.0 Å². The van der Waals surface area contributed by atoms with Crippen LogP contribution in [0.4, 0.5) is 0 Å². The maximum atomic E-state index is 12.6. The summed E-state index contributed by atoms with van der Waals surface area (Å²) in [5.41, 5.74) is 2.00. The Bertz CT molecular complexity index is 1120. The summed E-state index contributed by atoms with van der Waals surface area (Å²) < 4.78 is 28.1. The summed E-state index contributed by atoms with van der Waals surface area (Å²) in [6.07, 6.45) is 1.82. The van der Waals surface area contributed by atoms with Crippen LogP contribution in [0.15, 0.2) is 51.7 Å². The van der Waals surface area contributed by atoms with Crippen LogP contribution in [0.25, 0.3) is 11.0 Å². The lowest BCUT2D eigenvalue weighted by molar-refractivity contribution is 0.105. The maximum absolute atomic E-state index is 12.6. The quantitative estimate of drug-likeness (QED) is 0.438. The van der Waals surface area contributed by atoms with Gasteiger partial charge in [0.15, 0.2) is 11.5 Å². The fraction of sp³-hybridized carbons (Fsp3) is 0.375. The first kappa shape index (κ1) is 19.0. The Labute approximate surface area is 174 Å². The van der Waals surface area contributed by atoms with E-state index in [9.17, 15) is 4.79 Å². The second-order valence-electron chi connectivity index (χ2n) is 7.87. The maximum Gasteiger partial charge on any atom is 0.343 e. The topological polar surface area (TPSA) is 67.1 Å². The minimum absolute atomic E-state index is 0.0865. The van der Waals surface area contributed by atoms with Gasteiger partial charge >= 0.3 is 5.63 Å². The Morgan fingerprint density at radius 1 is 1.07 bits per heavy atom. The highest BCUT2D eigenvalue weighted by molar-refractivity contribution is 5.84. The summed E-state index contributed by atoms with van der Waals surface area (Å²) in [5.74, 6) is 2.58. The van der Waals surface area contributed by atoms with Gasteiger partial charge in [-0.2, -0.15) is 0 Å². The van der Waals surface area contributed by atoms with Crippen molar-refractivity contribution in [2.24, 2.45) is 5.92 Å². The van der Waals surface area contributed by atoms with Gasteiger partial charge in [0, 0.05) is 12.5 Å². The zero-order valence-electron chi connectivity index (χ0n) is 16.9. The number of benzene rings is 2. The molecule has 2 atom stereocenters. The highest BCUT2D eigenvalue weighted by atomic mass is 16.7. The molecule has 3 aromatic rings. The van der Waals surface area contributed by atoms with Crippen LogP contribution in [0.2, 0.25) is 0 Å². The molecule has 0 fully saturated rings. The lowest BCUT2D eigenvalue weighted by Crippen LogP contribution is -2.29. The minimum Gasteiger partial charge on any atom is -0.492 e. The van der Waals surface area contributed by atoms with Crippen molar-refractivity contribution in [2.75, 3.05) is 20.0 Å². The third-order valence-electron chi connectivity index (χ3n) is 5.97. The molecule has 156 valence electrons. The van der Waals surface area contributed by atoms with Crippen molar-refractivity contribution < 1.29 is 23.4 Å². The van der Waals surface area contributed by atoms with Crippen LogP contribution in [0, 0.1) is 5.92 Å². The largest absolute Gasteiger partial charge is 0.492 e. The lowest BCUT2D eigenvalue weighted by atomic mass is 9.83. The van der Waals surface area contributed by atoms with Crippen molar-refractivity contribution in [3.05, 3.63) is 64.0 Å². The fourth-order valence-electron chi connectivity index (χ4n) is 4.26. The molecule has 3 heterocycles. The first-order valence-corrected chi connectivity index (χ1v) is 10.4. The van der Waals surface area contributed by atoms with E-state index >= 15 is 0 Å². The van der Waals surface area contributed by atoms with Crippen LogP contribution < -0.4 is 19.8 Å². The average Bonchev–Trinajstić information content (AvgIpc) is 3.22. The number of rotatable bonds is 6. The van der Waals surface area contributed by atoms with Crippen LogP contribution in [0.3, 0.4) is 0 Å². The molecule has 2 aromatic carbocycles. The van der Waals surface area contributed by atoms with Gasteiger partial charge in [-0.15, -0.1) is 0 Å². The van der Waals surface area contributed by atoms with E-state index in [0.717, 1.165) is 35.3 Å². The molecule has 0 amide bonds. The smallest absolute Gasteiger partial charge is 0.343 e. The molecule has 0 bridgehead atoms. The van der Waals surface area contributed by atoms with Gasteiger partial charge in [0.25, 0.3) is 0 Å². The minimum atomic E-state index is -0.292. The Kier molecular flexibility index (Phi) is 5.09. The van der Waals surface area contributed by atoms with E-state index in [-0.39, 0.29) is 24.3 Å². The molecular formula is C24H24O6. The van der Waals surface area contributed by atoms with Gasteiger partial charge in [-0.1, -0.05) is 25.1 Å². The van der Waals surface area contributed by atoms with Gasteiger partial charge in [0.1, 0.15) is 11.3 Å². The van der Waals surface area contributed by atoms with Gasteiger partial charge in [-0.3, -0.25) is 0 Å². The molecule has 5 rings (SSSR count). The lowest BCUT2D eigenvalue weighted by Gasteiger charge is -2.30. The zero-order chi connectivity index (χ0) is 20.5. The molecule has 1 aromatic heterocycles. The van der Waals surface area contributed by atoms with Crippen LogP contribution in [-0.4, -0.2) is 20.0 Å². The molecule has 0 saturated carbocycles. The molecule has 0 spiro atoms. The Balaban J connectivity index is 1.17. The normalized spacial score (nSPS) is 19.5. The highest BCUT2D eigenvalue weighted by Gasteiger charge is 2.32. The summed E-state index contributed by atoms with van der Waals surface area (Å²) in [6, 6.07) is 13.4. The second-order valence-corrected chi connectivity index (χ2v) is 7.87. The molecule has 6 nitrogen and oxygen atoms in total. The molecule has 6 heteroatoms. The Morgan fingerprint density at radius 3 is 2.87 bits per heavy atom. The molecular weight excluding hydrogens is 384 g/mol. The zero-order valence-corrected chi connectivity index (χ0v) is 16.9. The van der Waals surface area contributed by atoms with Gasteiger partial charge in [0.05, 0.1) is 24.2 Å². The molecule has 0 N–H and O–H groups in total. The summed E-state index contributed by atoms with van der Waals surface area (Å²) in [5, 5.41) is 0.865. The summed E-state index contributed by atoms with van der Waals surface area (Å²) >= 11 is 0. The van der Waals surface area contributed by atoms with Gasteiger partial charge in [-0.25, -0.2) is 4.79 Å². The fourth-order valence-corrected chi connectivity index (χ4v) is 4.26. The van der Waals surface area contributed by atoms with Crippen LogP contribution in [0.1, 0.15) is 36.8 Å². The van der Waals surface area contributed by atoms with E-state index in [0.29, 0.717) is 36.7 Å². The molecule has 2 aliphatic heterocycles. The third kappa shape index (κ3) is 3.52. The number of fused-ring (bicyclic) bond motifs is 4. The van der Waals surface area contributed by atoms with E-state index in [1.54, 1.807) is 6.07 Å². The van der Waals surface area contributed by atoms with Crippen molar-refractivity contribution in [2.45, 2.75) is 32.3 Å². The standard InChI is InChI=1S/C24H24O6/c1-15-17(5-4-10-26-12-16-8-9-20-21(11-16)29-14-28-20)13-27-23-18-6-2-3-7-19(18)30-24(25)22(15)23/h2-3,6-9,11,15,17H,4-5,10,12-14H2,1H3. The monoisotopic (exact) mass is 408 g/mol. The van der Waals surface area contributed by atoms with E-state index in [2.05, 4.69) is 6.92 Å². The van der Waals surface area contributed by atoms with Gasteiger partial charge < -0.3 is 23.4 Å². The van der Waals surface area contributed by atoms with E-state index in [4.69, 9.17) is 23.4 Å². The first-order valence-electron chi connectivity index (χ1n) is 10.4. The van der Waals surface area contributed by atoms with Crippen LogP contribution >= 0.6 is 0 Å². The first-order chi connectivity index (χ1) is 14.7. The second kappa shape index (κ2) is 8.03. The molecule has 2 aliphatic rings. The van der Waals surface area contributed by atoms with Crippen molar-refractivity contribution in [3.8, 4) is 17.2 Å². The summed E-state index contributed by atoms with van der Waals surface area (Å²) in [7, 11) is 0. The summed E-state index contributed by atoms with van der Waals surface area (Å²) in [6.45, 7) is 4.15. The highest BCUT2D eigenvalue weighted by Crippen LogP contribution is 2.40. The number of para-hydroxylation sites is 1. The van der Waals surface area contributed by atoms with Crippen molar-refractivity contribution in [1.29, 1.82) is 0 Å². The molecule has 2 unspecified atom stereocenters. The number of ether oxygens (including phenoxy) is 4. The van der Waals surface area contributed by atoms with E-state index in [1.165, 1.54) is 0 Å². The molecule has 0 radical (unpaired) electrons.